The summed E-state index contributed by atoms with van der Waals surface area (Å²) in [4.78, 5) is 92.8. The van der Waals surface area contributed by atoms with Gasteiger partial charge < -0.3 is 53.9 Å². The third-order valence-electron chi connectivity index (χ3n) is 11.3. The third-order valence-corrected chi connectivity index (χ3v) is 13.8. The van der Waals surface area contributed by atoms with Crippen LogP contribution in [0.4, 0.5) is 0 Å². The lowest BCUT2D eigenvalue weighted by Crippen LogP contribution is -2.65. The van der Waals surface area contributed by atoms with E-state index in [9.17, 15) is 72.3 Å². The Balaban J connectivity index is 2.90. The van der Waals surface area contributed by atoms with Gasteiger partial charge in [-0.25, -0.2) is 18.3 Å². The Morgan fingerprint density at radius 1 is 0.449 bits per heavy atom. The number of carbonyl (C=O) groups is 2. The Morgan fingerprint density at radius 2 is 0.797 bits per heavy atom. The number of hydrogen-bond donors (Lipinski definition) is 9. The number of aliphatic hydroxyl groups excluding tert-OH is 2. The van der Waals surface area contributed by atoms with Crippen LogP contribution in [0.15, 0.2) is 12.2 Å². The molecule has 0 aliphatic heterocycles. The highest BCUT2D eigenvalue weighted by atomic mass is 31.2. The van der Waals surface area contributed by atoms with E-state index >= 15 is 0 Å². The molecule has 22 nitrogen and oxygen atoms in total. The van der Waals surface area contributed by atoms with Crippen LogP contribution >= 0.6 is 31.3 Å². The molecule has 26 heteroatoms. The number of carbonyl (C=O) groups excluding carboxylic acids is 2. The average molecular weight is 1080 g/mol. The monoisotopic (exact) mass is 1080 g/mol. The first kappa shape index (κ1) is 66.1. The molecule has 408 valence electrons. The molecule has 0 aromatic heterocycles. The van der Waals surface area contributed by atoms with E-state index in [1.807, 2.05) is 0 Å². The van der Waals surface area contributed by atoms with E-state index in [0.717, 1.165) is 64.2 Å². The summed E-state index contributed by atoms with van der Waals surface area (Å²) >= 11 is 0. The van der Waals surface area contributed by atoms with Crippen molar-refractivity contribution < 1.29 is 104 Å². The summed E-state index contributed by atoms with van der Waals surface area (Å²) < 4.78 is 82.1. The van der Waals surface area contributed by atoms with Gasteiger partial charge in [-0.1, -0.05) is 154 Å². The standard InChI is InChI=1S/C43H84O22P4/c1-3-5-7-9-11-13-15-17-18-20-22-24-26-28-30-32-37(45)61-35(33-59-36(44)31-29-27-25-23-21-19-16-14-12-10-8-6-4-2)34-60-69(57,58)65-40-38(46)41(62-66(48,49)50)43(64-68(54,55)56)42(39(40)47)63-67(51,52)53/h17-18,35,38-43,46-47H,3-16,19-34H2,1-2H3,(H,57,58)(H2,48,49,50)(H2,51,52,53)(H2,54,55,56)/b18-17-/t35-,38?,39?,40?,41+,42?,43?/m1/s1. The first-order valence-electron chi connectivity index (χ1n) is 24.7. The summed E-state index contributed by atoms with van der Waals surface area (Å²) in [6.45, 7) is 2.75. The SMILES string of the molecule is CCCCCCCC/C=C\CCCCCCCC(=O)O[C@H](COC(=O)CCCCCCCCCCCCCCC)COP(=O)(O)OC1C(O)C(OP(=O)(O)O)C(OP(=O)(O)O)[C@@H](OP(=O)(O)O)C1O. The minimum absolute atomic E-state index is 0.0374. The minimum atomic E-state index is -5.79. The number of allylic oxidation sites excluding steroid dienone is 2. The fraction of sp³-hybridized carbons (Fsp3) is 0.907. The summed E-state index contributed by atoms with van der Waals surface area (Å²) in [6, 6.07) is 0. The molecule has 1 saturated carbocycles. The van der Waals surface area contributed by atoms with Gasteiger partial charge in [0.05, 0.1) is 6.61 Å². The molecule has 0 saturated heterocycles. The number of unbranched alkanes of at least 4 members (excludes halogenated alkanes) is 23. The summed E-state index contributed by atoms with van der Waals surface area (Å²) in [5.74, 6) is -1.40. The van der Waals surface area contributed by atoms with Gasteiger partial charge in [-0.15, -0.1) is 0 Å². The highest BCUT2D eigenvalue weighted by Gasteiger charge is 2.59. The van der Waals surface area contributed by atoms with Crippen LogP contribution in [-0.4, -0.2) is 112 Å². The molecule has 1 aliphatic rings. The van der Waals surface area contributed by atoms with Crippen LogP contribution in [0.5, 0.6) is 0 Å². The van der Waals surface area contributed by atoms with Gasteiger partial charge in [-0.2, -0.15) is 0 Å². The van der Waals surface area contributed by atoms with Crippen LogP contribution in [0.3, 0.4) is 0 Å². The van der Waals surface area contributed by atoms with Gasteiger partial charge in [-0.3, -0.25) is 32.2 Å². The molecule has 69 heavy (non-hydrogen) atoms. The van der Waals surface area contributed by atoms with Crippen LogP contribution in [-0.2, 0) is 59.9 Å². The zero-order valence-corrected chi connectivity index (χ0v) is 44.1. The normalized spacial score (nSPS) is 21.6. The molecule has 0 aromatic carbocycles. The fourth-order valence-electron chi connectivity index (χ4n) is 7.72. The first-order valence-corrected chi connectivity index (χ1v) is 30.8. The number of hydrogen-bond acceptors (Lipinski definition) is 15. The van der Waals surface area contributed by atoms with Crippen molar-refractivity contribution >= 4 is 43.2 Å². The molecule has 0 bridgehead atoms. The zero-order valence-electron chi connectivity index (χ0n) is 40.5. The number of rotatable bonds is 43. The van der Waals surface area contributed by atoms with Crippen molar-refractivity contribution in [3.8, 4) is 0 Å². The number of ether oxygens (including phenoxy) is 2. The molecule has 0 heterocycles. The Kier molecular flexibility index (Phi) is 35.3. The highest BCUT2D eigenvalue weighted by molar-refractivity contribution is 7.47. The largest absolute Gasteiger partial charge is 0.472 e. The van der Waals surface area contributed by atoms with E-state index in [1.165, 1.54) is 83.5 Å². The van der Waals surface area contributed by atoms with Gasteiger partial charge >= 0.3 is 43.2 Å². The fourth-order valence-corrected chi connectivity index (χ4v) is 10.4. The quantitative estimate of drug-likeness (QED) is 0.0119. The summed E-state index contributed by atoms with van der Waals surface area (Å²) in [5, 5.41) is 21.8. The topological polar surface area (TPSA) is 349 Å². The van der Waals surface area contributed by atoms with Crippen LogP contribution < -0.4 is 0 Å². The lowest BCUT2D eigenvalue weighted by atomic mass is 9.85. The van der Waals surface area contributed by atoms with Crippen LogP contribution in [0.1, 0.15) is 194 Å². The van der Waals surface area contributed by atoms with Gasteiger partial charge in [-0.05, 0) is 38.5 Å². The maximum Gasteiger partial charge on any atom is 0.472 e. The molecule has 1 rings (SSSR count). The molecular weight excluding hydrogens is 992 g/mol. The number of esters is 2. The third kappa shape index (κ3) is 35.0. The van der Waals surface area contributed by atoms with Crippen LogP contribution in [0, 0.1) is 0 Å². The van der Waals surface area contributed by atoms with Crippen molar-refractivity contribution in [2.24, 2.45) is 0 Å². The Morgan fingerprint density at radius 3 is 1.19 bits per heavy atom. The molecule has 0 amide bonds. The second-order valence-corrected chi connectivity index (χ2v) is 22.6. The lowest BCUT2D eigenvalue weighted by Gasteiger charge is -2.45. The van der Waals surface area contributed by atoms with Gasteiger partial charge in [0.2, 0.25) is 0 Å². The van der Waals surface area contributed by atoms with Gasteiger partial charge in [0, 0.05) is 12.8 Å². The average Bonchev–Trinajstić information content (AvgIpc) is 3.25. The lowest BCUT2D eigenvalue weighted by molar-refractivity contribution is -0.209. The number of aliphatic hydroxyl groups is 2. The molecule has 0 aromatic rings. The molecule has 0 radical (unpaired) electrons. The van der Waals surface area contributed by atoms with Crippen molar-refractivity contribution in [1.82, 2.24) is 0 Å². The number of phosphoric acid groups is 4. The van der Waals surface area contributed by atoms with Crippen molar-refractivity contribution in [1.29, 1.82) is 0 Å². The van der Waals surface area contributed by atoms with E-state index in [1.54, 1.807) is 0 Å². The van der Waals surface area contributed by atoms with E-state index in [2.05, 4.69) is 39.6 Å². The van der Waals surface area contributed by atoms with Gasteiger partial charge in [0.15, 0.2) is 6.10 Å². The predicted molar refractivity (Wildman–Crippen MR) is 254 cm³/mol. The van der Waals surface area contributed by atoms with Crippen molar-refractivity contribution in [3.63, 3.8) is 0 Å². The molecule has 8 atom stereocenters. The van der Waals surface area contributed by atoms with Crippen molar-refractivity contribution in [2.45, 2.75) is 236 Å². The first-order chi connectivity index (χ1) is 32.5. The molecular formula is C43H84O22P4. The summed E-state index contributed by atoms with van der Waals surface area (Å²) in [7, 11) is -23.0. The number of phosphoric ester groups is 4. The van der Waals surface area contributed by atoms with Gasteiger partial charge in [0.25, 0.3) is 0 Å². The second kappa shape index (κ2) is 36.9. The Bertz CT molecular complexity index is 1560. The van der Waals surface area contributed by atoms with E-state index in [0.29, 0.717) is 19.3 Å². The van der Waals surface area contributed by atoms with Crippen LogP contribution in [0.2, 0.25) is 0 Å². The van der Waals surface area contributed by atoms with E-state index in [-0.39, 0.29) is 12.8 Å². The van der Waals surface area contributed by atoms with E-state index < -0.39 is 99.2 Å². The zero-order chi connectivity index (χ0) is 51.8. The molecule has 1 aliphatic carbocycles. The minimum Gasteiger partial charge on any atom is -0.462 e. The smallest absolute Gasteiger partial charge is 0.462 e. The molecule has 1 fully saturated rings. The predicted octanol–water partition coefficient (Wildman–Crippen LogP) is 8.63. The maximum atomic E-state index is 13.3. The van der Waals surface area contributed by atoms with Crippen molar-refractivity contribution in [2.75, 3.05) is 13.2 Å². The molecule has 6 unspecified atom stereocenters. The molecule has 9 N–H and O–H groups in total. The van der Waals surface area contributed by atoms with E-state index in [4.69, 9.17) is 18.5 Å². The van der Waals surface area contributed by atoms with Crippen molar-refractivity contribution in [3.05, 3.63) is 12.2 Å². The van der Waals surface area contributed by atoms with Gasteiger partial charge in [0.1, 0.15) is 43.2 Å². The maximum absolute atomic E-state index is 13.3. The Labute approximate surface area is 408 Å². The Hall–Kier alpha value is -0.960. The summed E-state index contributed by atoms with van der Waals surface area (Å²) in [6.07, 6.45) is 14.2. The summed E-state index contributed by atoms with van der Waals surface area (Å²) in [5.41, 5.74) is 0. The van der Waals surface area contributed by atoms with Crippen LogP contribution in [0.25, 0.3) is 0 Å². The molecule has 0 spiro atoms. The highest BCUT2D eigenvalue weighted by Crippen LogP contribution is 2.53. The second-order valence-electron chi connectivity index (χ2n) is 17.6.